The van der Waals surface area contributed by atoms with Gasteiger partial charge < -0.3 is 9.64 Å². The largest absolute Gasteiger partial charge is 0.484 e. The maximum absolute atomic E-state index is 12.1. The molecule has 0 unspecified atom stereocenters. The Kier molecular flexibility index (Phi) is 3.33. The van der Waals surface area contributed by atoms with Crippen molar-refractivity contribution in [3.63, 3.8) is 0 Å². The third-order valence-corrected chi connectivity index (χ3v) is 3.29. The third-order valence-electron chi connectivity index (χ3n) is 3.29. The van der Waals surface area contributed by atoms with Gasteiger partial charge in [-0.25, -0.2) is 9.97 Å². The van der Waals surface area contributed by atoms with Gasteiger partial charge >= 0.3 is 0 Å². The number of hydrogen-bond acceptors (Lipinski definition) is 4. The van der Waals surface area contributed by atoms with Crippen molar-refractivity contribution in [1.82, 2.24) is 14.9 Å². The molecule has 0 bridgehead atoms. The standard InChI is InChI=1S/C15H15N3O2/c1-11-3-2-4-13(5-11)20-9-15(19)18-7-12-6-16-10-17-14(12)8-18/h2-6,10H,7-9H2,1H3. The van der Waals surface area contributed by atoms with Crippen LogP contribution in [-0.4, -0.2) is 27.4 Å². The van der Waals surface area contributed by atoms with Gasteiger partial charge in [0.1, 0.15) is 12.1 Å². The van der Waals surface area contributed by atoms with Gasteiger partial charge in [-0.15, -0.1) is 0 Å². The third kappa shape index (κ3) is 2.61. The Balaban J connectivity index is 1.59. The molecule has 0 spiro atoms. The van der Waals surface area contributed by atoms with Crippen molar-refractivity contribution in [1.29, 1.82) is 0 Å². The summed E-state index contributed by atoms with van der Waals surface area (Å²) in [6, 6.07) is 7.67. The fourth-order valence-electron chi connectivity index (χ4n) is 2.22. The molecule has 3 rings (SSSR count). The van der Waals surface area contributed by atoms with Crippen LogP contribution in [0.2, 0.25) is 0 Å². The Morgan fingerprint density at radius 2 is 2.30 bits per heavy atom. The topological polar surface area (TPSA) is 55.3 Å². The lowest BCUT2D eigenvalue weighted by Crippen LogP contribution is -2.30. The molecule has 0 aliphatic carbocycles. The Labute approximate surface area is 117 Å². The van der Waals surface area contributed by atoms with E-state index in [4.69, 9.17) is 4.74 Å². The van der Waals surface area contributed by atoms with Crippen molar-refractivity contribution in [2.24, 2.45) is 0 Å². The fourth-order valence-corrected chi connectivity index (χ4v) is 2.22. The Bertz CT molecular complexity index is 618. The van der Waals surface area contributed by atoms with Crippen LogP contribution in [0, 0.1) is 6.92 Å². The number of aromatic nitrogens is 2. The maximum atomic E-state index is 12.1. The van der Waals surface area contributed by atoms with Gasteiger partial charge in [-0.05, 0) is 24.6 Å². The van der Waals surface area contributed by atoms with E-state index >= 15 is 0 Å². The van der Waals surface area contributed by atoms with Crippen molar-refractivity contribution in [2.45, 2.75) is 20.0 Å². The maximum Gasteiger partial charge on any atom is 0.261 e. The molecule has 0 fully saturated rings. The minimum absolute atomic E-state index is 0.0375. The average molecular weight is 269 g/mol. The number of amides is 1. The van der Waals surface area contributed by atoms with Crippen molar-refractivity contribution in [3.8, 4) is 5.75 Å². The lowest BCUT2D eigenvalue weighted by molar-refractivity contribution is -0.134. The molecule has 0 saturated carbocycles. The summed E-state index contributed by atoms with van der Waals surface area (Å²) >= 11 is 0. The summed E-state index contributed by atoms with van der Waals surface area (Å²) in [5, 5.41) is 0. The first-order valence-corrected chi connectivity index (χ1v) is 6.47. The first-order valence-electron chi connectivity index (χ1n) is 6.47. The van der Waals surface area contributed by atoms with Crippen LogP contribution in [0.1, 0.15) is 16.8 Å². The molecule has 0 atom stereocenters. The van der Waals surface area contributed by atoms with Crippen LogP contribution in [-0.2, 0) is 17.9 Å². The number of aryl methyl sites for hydroxylation is 1. The summed E-state index contributed by atoms with van der Waals surface area (Å²) in [7, 11) is 0. The second kappa shape index (κ2) is 5.28. The highest BCUT2D eigenvalue weighted by molar-refractivity contribution is 5.78. The molecule has 1 aromatic carbocycles. The number of nitrogens with zero attached hydrogens (tertiary/aromatic N) is 3. The number of benzene rings is 1. The molecular formula is C15H15N3O2. The zero-order valence-corrected chi connectivity index (χ0v) is 11.2. The van der Waals surface area contributed by atoms with E-state index in [0.29, 0.717) is 13.1 Å². The zero-order valence-electron chi connectivity index (χ0n) is 11.2. The van der Waals surface area contributed by atoms with Gasteiger partial charge in [0.05, 0.1) is 12.2 Å². The fraction of sp³-hybridized carbons (Fsp3) is 0.267. The number of hydrogen-bond donors (Lipinski definition) is 0. The van der Waals surface area contributed by atoms with Gasteiger partial charge in [0.2, 0.25) is 0 Å². The molecule has 20 heavy (non-hydrogen) atoms. The number of ether oxygens (including phenoxy) is 1. The molecule has 5 nitrogen and oxygen atoms in total. The lowest BCUT2D eigenvalue weighted by Gasteiger charge is -2.15. The van der Waals surface area contributed by atoms with Crippen LogP contribution in [0.4, 0.5) is 0 Å². The van der Waals surface area contributed by atoms with Crippen LogP contribution < -0.4 is 4.74 Å². The van der Waals surface area contributed by atoms with Gasteiger partial charge in [-0.1, -0.05) is 12.1 Å². The van der Waals surface area contributed by atoms with Gasteiger partial charge in [-0.2, -0.15) is 0 Å². The Morgan fingerprint density at radius 1 is 1.40 bits per heavy atom. The van der Waals surface area contributed by atoms with E-state index in [-0.39, 0.29) is 12.5 Å². The Hall–Kier alpha value is -2.43. The summed E-state index contributed by atoms with van der Waals surface area (Å²) in [6.45, 7) is 3.13. The second-order valence-electron chi connectivity index (χ2n) is 4.85. The van der Waals surface area contributed by atoms with Crippen LogP contribution >= 0.6 is 0 Å². The number of carbonyl (C=O) groups is 1. The van der Waals surface area contributed by atoms with Crippen molar-refractivity contribution in [2.75, 3.05) is 6.61 Å². The predicted octanol–water partition coefficient (Wildman–Crippen LogP) is 1.71. The normalized spacial score (nSPS) is 13.2. The number of rotatable bonds is 3. The van der Waals surface area contributed by atoms with E-state index in [1.54, 1.807) is 11.1 Å². The molecule has 2 heterocycles. The van der Waals surface area contributed by atoms with Gasteiger partial charge in [0.15, 0.2) is 6.61 Å². The molecule has 1 aliphatic heterocycles. The first kappa shape index (κ1) is 12.6. The first-order chi connectivity index (χ1) is 9.72. The van der Waals surface area contributed by atoms with Crippen molar-refractivity contribution >= 4 is 5.91 Å². The van der Waals surface area contributed by atoms with Crippen LogP contribution in [0.15, 0.2) is 36.8 Å². The van der Waals surface area contributed by atoms with E-state index in [1.165, 1.54) is 6.33 Å². The summed E-state index contributed by atoms with van der Waals surface area (Å²) < 4.78 is 5.53. The minimum Gasteiger partial charge on any atom is -0.484 e. The van der Waals surface area contributed by atoms with E-state index in [0.717, 1.165) is 22.6 Å². The lowest BCUT2D eigenvalue weighted by atomic mass is 10.2. The summed E-state index contributed by atoms with van der Waals surface area (Å²) in [6.07, 6.45) is 3.27. The predicted molar refractivity (Wildman–Crippen MR) is 73.0 cm³/mol. The van der Waals surface area contributed by atoms with E-state index in [9.17, 15) is 4.79 Å². The van der Waals surface area contributed by atoms with Gasteiger partial charge in [0.25, 0.3) is 5.91 Å². The average Bonchev–Trinajstić information content (AvgIpc) is 2.89. The highest BCUT2D eigenvalue weighted by Gasteiger charge is 2.24. The molecular weight excluding hydrogens is 254 g/mol. The Morgan fingerprint density at radius 3 is 3.10 bits per heavy atom. The molecule has 0 saturated heterocycles. The van der Waals surface area contributed by atoms with Crippen molar-refractivity contribution in [3.05, 3.63) is 53.6 Å². The van der Waals surface area contributed by atoms with Gasteiger partial charge in [-0.3, -0.25) is 4.79 Å². The summed E-state index contributed by atoms with van der Waals surface area (Å²) in [5.41, 5.74) is 3.04. The molecule has 2 aromatic rings. The van der Waals surface area contributed by atoms with Gasteiger partial charge in [0, 0.05) is 18.3 Å². The quantitative estimate of drug-likeness (QED) is 0.851. The molecule has 1 aliphatic rings. The van der Waals surface area contributed by atoms with Crippen LogP contribution in [0.5, 0.6) is 5.75 Å². The molecule has 1 amide bonds. The van der Waals surface area contributed by atoms with Crippen LogP contribution in [0.25, 0.3) is 0 Å². The second-order valence-corrected chi connectivity index (χ2v) is 4.85. The molecule has 0 N–H and O–H groups in total. The van der Waals surface area contributed by atoms with Crippen LogP contribution in [0.3, 0.4) is 0 Å². The molecule has 102 valence electrons. The van der Waals surface area contributed by atoms with E-state index in [2.05, 4.69) is 9.97 Å². The highest BCUT2D eigenvalue weighted by Crippen LogP contribution is 2.19. The zero-order chi connectivity index (χ0) is 13.9. The molecule has 5 heteroatoms. The molecule has 1 aromatic heterocycles. The number of fused-ring (bicyclic) bond motifs is 1. The summed E-state index contributed by atoms with van der Waals surface area (Å²) in [5.74, 6) is 0.680. The summed E-state index contributed by atoms with van der Waals surface area (Å²) in [4.78, 5) is 22.0. The smallest absolute Gasteiger partial charge is 0.261 e. The van der Waals surface area contributed by atoms with Crippen molar-refractivity contribution < 1.29 is 9.53 Å². The number of carbonyl (C=O) groups excluding carboxylic acids is 1. The highest BCUT2D eigenvalue weighted by atomic mass is 16.5. The van der Waals surface area contributed by atoms with E-state index in [1.807, 2.05) is 31.2 Å². The van der Waals surface area contributed by atoms with E-state index < -0.39 is 0 Å². The monoisotopic (exact) mass is 269 g/mol. The molecule has 0 radical (unpaired) electrons. The SMILES string of the molecule is Cc1cccc(OCC(=O)N2Cc3cncnc3C2)c1. The minimum atomic E-state index is -0.0375.